The van der Waals surface area contributed by atoms with E-state index in [-0.39, 0.29) is 4.75 Å². The Balaban J connectivity index is 2.38. The molecule has 0 aliphatic heterocycles. The molecule has 1 N–H and O–H groups in total. The fourth-order valence-corrected chi connectivity index (χ4v) is 2.20. The molecule has 0 atom stereocenters. The molecule has 2 heterocycles. The molecule has 0 aliphatic rings. The van der Waals surface area contributed by atoms with E-state index in [9.17, 15) is 0 Å². The molecule has 0 fully saturated rings. The van der Waals surface area contributed by atoms with E-state index >= 15 is 0 Å². The van der Waals surface area contributed by atoms with Crippen LogP contribution in [0.3, 0.4) is 0 Å². The number of rotatable bonds is 4. The van der Waals surface area contributed by atoms with E-state index in [1.165, 1.54) is 0 Å². The molecule has 0 saturated heterocycles. The first-order valence-corrected chi connectivity index (χ1v) is 6.97. The van der Waals surface area contributed by atoms with Crippen molar-refractivity contribution in [3.8, 4) is 5.95 Å². The van der Waals surface area contributed by atoms with Crippen LogP contribution in [0.5, 0.6) is 0 Å². The lowest BCUT2D eigenvalue weighted by Gasteiger charge is -2.16. The second-order valence-corrected chi connectivity index (χ2v) is 6.75. The van der Waals surface area contributed by atoms with Crippen LogP contribution >= 0.6 is 11.8 Å². The molecule has 0 amide bonds. The van der Waals surface area contributed by atoms with Crippen molar-refractivity contribution in [2.75, 3.05) is 11.9 Å². The van der Waals surface area contributed by atoms with Crippen LogP contribution in [0.2, 0.25) is 0 Å². The number of nitrogens with zero attached hydrogens (tertiary/aromatic N) is 5. The molecule has 0 unspecified atom stereocenters. The van der Waals surface area contributed by atoms with Crippen LogP contribution < -0.4 is 5.32 Å². The molecule has 2 aromatic rings. The predicted octanol–water partition coefficient (Wildman–Crippen LogP) is 2.38. The summed E-state index contributed by atoms with van der Waals surface area (Å²) in [6.45, 7) is 9.17. The van der Waals surface area contributed by atoms with Gasteiger partial charge in [-0.3, -0.25) is 4.57 Å². The highest BCUT2D eigenvalue weighted by Gasteiger charge is 2.16. The van der Waals surface area contributed by atoms with Crippen molar-refractivity contribution in [3.05, 3.63) is 18.7 Å². The molecule has 0 bridgehead atoms. The number of hydrogen-bond acceptors (Lipinski definition) is 6. The average Bonchev–Trinajstić information content (AvgIpc) is 2.79. The summed E-state index contributed by atoms with van der Waals surface area (Å²) < 4.78 is 1.83. The van der Waals surface area contributed by atoms with E-state index in [1.54, 1.807) is 28.9 Å². The Morgan fingerprint density at radius 1 is 1.26 bits per heavy atom. The van der Waals surface area contributed by atoms with Gasteiger partial charge in [0, 0.05) is 23.7 Å². The van der Waals surface area contributed by atoms with Gasteiger partial charge in [-0.15, -0.1) is 0 Å². The summed E-state index contributed by atoms with van der Waals surface area (Å²) in [5.41, 5.74) is 0. The van der Waals surface area contributed by atoms with Gasteiger partial charge in [0.25, 0.3) is 0 Å². The van der Waals surface area contributed by atoms with Crippen LogP contribution in [-0.2, 0) is 0 Å². The van der Waals surface area contributed by atoms with Gasteiger partial charge in [-0.05, 0) is 6.92 Å². The van der Waals surface area contributed by atoms with E-state index in [2.05, 4.69) is 46.0 Å². The number of aromatic nitrogens is 5. The number of nitrogens with one attached hydrogen (secondary N) is 1. The van der Waals surface area contributed by atoms with Crippen LogP contribution in [-0.4, -0.2) is 35.8 Å². The summed E-state index contributed by atoms with van der Waals surface area (Å²) in [5.74, 6) is 1.17. The third-order valence-corrected chi connectivity index (χ3v) is 3.05. The maximum atomic E-state index is 4.47. The Morgan fingerprint density at radius 3 is 2.63 bits per heavy atom. The lowest BCUT2D eigenvalue weighted by Crippen LogP contribution is -2.12. The number of hydrogen-bond donors (Lipinski definition) is 1. The molecular formula is C12H18N6S. The minimum Gasteiger partial charge on any atom is -0.354 e. The molecule has 2 rings (SSSR count). The van der Waals surface area contributed by atoms with Crippen molar-refractivity contribution >= 4 is 17.7 Å². The second-order valence-electron chi connectivity index (χ2n) is 4.96. The van der Waals surface area contributed by atoms with Crippen LogP contribution in [0, 0.1) is 0 Å². The highest BCUT2D eigenvalue weighted by atomic mass is 32.2. The fourth-order valence-electron chi connectivity index (χ4n) is 1.40. The largest absolute Gasteiger partial charge is 0.354 e. The Kier molecular flexibility index (Phi) is 4.04. The number of thioether (sulfide) groups is 1. The van der Waals surface area contributed by atoms with Crippen molar-refractivity contribution in [2.45, 2.75) is 37.6 Å². The van der Waals surface area contributed by atoms with Crippen molar-refractivity contribution in [1.82, 2.24) is 24.5 Å². The SMILES string of the molecule is CCNc1nc(SC(C)(C)C)nc(-n2ccnc2)n1. The minimum absolute atomic E-state index is 0.0526. The molecular weight excluding hydrogens is 260 g/mol. The quantitative estimate of drug-likeness (QED) is 0.866. The summed E-state index contributed by atoms with van der Waals surface area (Å²) in [5, 5.41) is 3.84. The molecule has 19 heavy (non-hydrogen) atoms. The Bertz CT molecular complexity index is 532. The molecule has 0 spiro atoms. The van der Waals surface area contributed by atoms with E-state index in [0.29, 0.717) is 17.1 Å². The molecule has 7 heteroatoms. The fraction of sp³-hybridized carbons (Fsp3) is 0.500. The Labute approximate surface area is 117 Å². The first kappa shape index (κ1) is 13.8. The maximum Gasteiger partial charge on any atom is 0.240 e. The standard InChI is InChI=1S/C12H18N6S/c1-5-14-9-15-10(18-7-6-13-8-18)17-11(16-9)19-12(2,3)4/h6-8H,5H2,1-4H3,(H,14,15,16,17). The van der Waals surface area contributed by atoms with Gasteiger partial charge < -0.3 is 5.32 Å². The molecule has 0 saturated carbocycles. The van der Waals surface area contributed by atoms with Crippen molar-refractivity contribution in [3.63, 3.8) is 0 Å². The van der Waals surface area contributed by atoms with Gasteiger partial charge in [-0.25, -0.2) is 4.98 Å². The summed E-state index contributed by atoms with van der Waals surface area (Å²) >= 11 is 1.62. The van der Waals surface area contributed by atoms with E-state index in [4.69, 9.17) is 0 Å². The average molecular weight is 278 g/mol. The summed E-state index contributed by atoms with van der Waals surface area (Å²) in [7, 11) is 0. The Morgan fingerprint density at radius 2 is 2.05 bits per heavy atom. The van der Waals surface area contributed by atoms with Crippen molar-refractivity contribution in [2.24, 2.45) is 0 Å². The van der Waals surface area contributed by atoms with Crippen LogP contribution in [0.25, 0.3) is 5.95 Å². The van der Waals surface area contributed by atoms with Gasteiger partial charge in [0.1, 0.15) is 6.33 Å². The zero-order valence-electron chi connectivity index (χ0n) is 11.6. The summed E-state index contributed by atoms with van der Waals surface area (Å²) in [6, 6.07) is 0. The monoisotopic (exact) mass is 278 g/mol. The topological polar surface area (TPSA) is 68.5 Å². The summed E-state index contributed by atoms with van der Waals surface area (Å²) in [6.07, 6.45) is 5.19. The van der Waals surface area contributed by atoms with Gasteiger partial charge in [0.05, 0.1) is 0 Å². The number of anilines is 1. The first-order chi connectivity index (χ1) is 8.98. The number of imidazole rings is 1. The molecule has 0 aliphatic carbocycles. The second kappa shape index (κ2) is 5.56. The van der Waals surface area contributed by atoms with E-state index in [0.717, 1.165) is 6.54 Å². The van der Waals surface area contributed by atoms with Gasteiger partial charge in [0.15, 0.2) is 5.16 Å². The normalized spacial score (nSPS) is 11.6. The molecule has 2 aromatic heterocycles. The maximum absolute atomic E-state index is 4.47. The van der Waals surface area contributed by atoms with Gasteiger partial charge in [0.2, 0.25) is 11.9 Å². The van der Waals surface area contributed by atoms with Gasteiger partial charge >= 0.3 is 0 Å². The van der Waals surface area contributed by atoms with Gasteiger partial charge in [-0.2, -0.15) is 15.0 Å². The van der Waals surface area contributed by atoms with E-state index < -0.39 is 0 Å². The first-order valence-electron chi connectivity index (χ1n) is 6.15. The Hall–Kier alpha value is -1.63. The van der Waals surface area contributed by atoms with Gasteiger partial charge in [-0.1, -0.05) is 32.5 Å². The van der Waals surface area contributed by atoms with Crippen LogP contribution in [0.4, 0.5) is 5.95 Å². The molecule has 0 radical (unpaired) electrons. The molecule has 0 aromatic carbocycles. The van der Waals surface area contributed by atoms with Crippen LogP contribution in [0.15, 0.2) is 23.9 Å². The smallest absolute Gasteiger partial charge is 0.240 e. The minimum atomic E-state index is 0.0526. The highest BCUT2D eigenvalue weighted by molar-refractivity contribution is 8.00. The summed E-state index contributed by atoms with van der Waals surface area (Å²) in [4.78, 5) is 17.3. The predicted molar refractivity (Wildman–Crippen MR) is 76.7 cm³/mol. The van der Waals surface area contributed by atoms with E-state index in [1.807, 2.05) is 13.1 Å². The third-order valence-electron chi connectivity index (χ3n) is 2.07. The lowest BCUT2D eigenvalue weighted by molar-refractivity contribution is 0.776. The van der Waals surface area contributed by atoms with Crippen LogP contribution in [0.1, 0.15) is 27.7 Å². The van der Waals surface area contributed by atoms with Crippen molar-refractivity contribution < 1.29 is 0 Å². The molecule has 102 valence electrons. The third kappa shape index (κ3) is 3.92. The van der Waals surface area contributed by atoms with Crippen molar-refractivity contribution in [1.29, 1.82) is 0 Å². The highest BCUT2D eigenvalue weighted by Crippen LogP contribution is 2.29. The lowest BCUT2D eigenvalue weighted by atomic mass is 10.3. The zero-order chi connectivity index (χ0) is 13.9. The zero-order valence-corrected chi connectivity index (χ0v) is 12.4. The molecule has 6 nitrogen and oxygen atoms in total.